The number of carbonyl (C=O) groups is 2. The maximum absolute atomic E-state index is 12.5. The van der Waals surface area contributed by atoms with Gasteiger partial charge in [-0.25, -0.2) is 4.79 Å². The standard InChI is InChI=1S/C21H39NO4/c1-6-8-9-10-11-12-13-17-14-18(19(23)25-7-2)16-22(15-17)20(24)26-21(3,4)5/h17-18H,6-16H2,1-5H3/t17-,18-/m0/s1. The van der Waals surface area contributed by atoms with Gasteiger partial charge in [-0.15, -0.1) is 0 Å². The van der Waals surface area contributed by atoms with Gasteiger partial charge in [0.15, 0.2) is 0 Å². The van der Waals surface area contributed by atoms with Crippen molar-refractivity contribution in [3.8, 4) is 0 Å². The minimum Gasteiger partial charge on any atom is -0.466 e. The second-order valence-corrected chi connectivity index (χ2v) is 8.49. The summed E-state index contributed by atoms with van der Waals surface area (Å²) in [5, 5.41) is 0. The van der Waals surface area contributed by atoms with E-state index in [1.807, 2.05) is 27.7 Å². The summed E-state index contributed by atoms with van der Waals surface area (Å²) in [5.41, 5.74) is -0.525. The van der Waals surface area contributed by atoms with E-state index in [4.69, 9.17) is 9.47 Å². The first-order valence-corrected chi connectivity index (χ1v) is 10.4. The fourth-order valence-corrected chi connectivity index (χ4v) is 3.53. The molecule has 2 atom stereocenters. The Morgan fingerprint density at radius 1 is 1.00 bits per heavy atom. The maximum Gasteiger partial charge on any atom is 0.410 e. The van der Waals surface area contributed by atoms with Gasteiger partial charge in [0.2, 0.25) is 0 Å². The minimum absolute atomic E-state index is 0.186. The minimum atomic E-state index is -0.525. The van der Waals surface area contributed by atoms with Crippen LogP contribution in [0.5, 0.6) is 0 Å². The summed E-state index contributed by atoms with van der Waals surface area (Å²) in [4.78, 5) is 26.4. The second kappa shape index (κ2) is 11.5. The average Bonchev–Trinajstić information content (AvgIpc) is 2.56. The zero-order valence-electron chi connectivity index (χ0n) is 17.5. The number of likely N-dealkylation sites (tertiary alicyclic amines) is 1. The summed E-state index contributed by atoms with van der Waals surface area (Å²) < 4.78 is 10.7. The predicted octanol–water partition coefficient (Wildman–Crippen LogP) is 5.17. The van der Waals surface area contributed by atoms with Gasteiger partial charge in [-0.1, -0.05) is 45.4 Å². The van der Waals surface area contributed by atoms with Crippen LogP contribution in [-0.2, 0) is 14.3 Å². The molecule has 1 heterocycles. The van der Waals surface area contributed by atoms with Crippen molar-refractivity contribution in [1.29, 1.82) is 0 Å². The lowest BCUT2D eigenvalue weighted by Crippen LogP contribution is -2.48. The highest BCUT2D eigenvalue weighted by molar-refractivity contribution is 5.75. The first kappa shape index (κ1) is 22.8. The van der Waals surface area contributed by atoms with Gasteiger partial charge in [-0.05, 0) is 46.5 Å². The Kier molecular flexibility index (Phi) is 10.0. The largest absolute Gasteiger partial charge is 0.466 e. The van der Waals surface area contributed by atoms with Gasteiger partial charge in [-0.3, -0.25) is 4.79 Å². The number of esters is 1. The number of unbranched alkanes of at least 4 members (excludes halogenated alkanes) is 5. The number of ether oxygens (including phenoxy) is 2. The average molecular weight is 370 g/mol. The van der Waals surface area contributed by atoms with Crippen LogP contribution in [0.25, 0.3) is 0 Å². The first-order chi connectivity index (χ1) is 12.3. The molecule has 5 heteroatoms. The Balaban J connectivity index is 2.59. The van der Waals surface area contributed by atoms with Crippen LogP contribution in [-0.4, -0.2) is 42.3 Å². The van der Waals surface area contributed by atoms with Crippen LogP contribution in [0, 0.1) is 11.8 Å². The van der Waals surface area contributed by atoms with Gasteiger partial charge in [-0.2, -0.15) is 0 Å². The van der Waals surface area contributed by atoms with Crippen molar-refractivity contribution in [3.05, 3.63) is 0 Å². The van der Waals surface area contributed by atoms with E-state index in [-0.39, 0.29) is 18.0 Å². The molecule has 0 aromatic heterocycles. The van der Waals surface area contributed by atoms with E-state index in [1.54, 1.807) is 4.90 Å². The van der Waals surface area contributed by atoms with E-state index in [9.17, 15) is 9.59 Å². The number of rotatable bonds is 9. The molecule has 1 aliphatic rings. The highest BCUT2D eigenvalue weighted by Gasteiger charge is 2.36. The van der Waals surface area contributed by atoms with Crippen molar-refractivity contribution in [2.45, 2.75) is 91.6 Å². The normalized spacial score (nSPS) is 20.7. The molecule has 1 aliphatic heterocycles. The van der Waals surface area contributed by atoms with E-state index in [1.165, 1.54) is 32.1 Å². The van der Waals surface area contributed by atoms with Crippen molar-refractivity contribution in [1.82, 2.24) is 4.90 Å². The van der Waals surface area contributed by atoms with Crippen LogP contribution in [0.2, 0.25) is 0 Å². The molecule has 152 valence electrons. The lowest BCUT2D eigenvalue weighted by Gasteiger charge is -2.37. The van der Waals surface area contributed by atoms with Crippen molar-refractivity contribution in [2.24, 2.45) is 11.8 Å². The van der Waals surface area contributed by atoms with Crippen LogP contribution < -0.4 is 0 Å². The molecular weight excluding hydrogens is 330 g/mol. The number of amides is 1. The van der Waals surface area contributed by atoms with E-state index < -0.39 is 5.60 Å². The van der Waals surface area contributed by atoms with Gasteiger partial charge < -0.3 is 14.4 Å². The van der Waals surface area contributed by atoms with Crippen LogP contribution in [0.15, 0.2) is 0 Å². The van der Waals surface area contributed by atoms with Crippen LogP contribution in [0.4, 0.5) is 4.79 Å². The molecule has 0 spiro atoms. The lowest BCUT2D eigenvalue weighted by atomic mass is 9.86. The third-order valence-corrected chi connectivity index (χ3v) is 4.77. The number of nitrogens with zero attached hydrogens (tertiary/aromatic N) is 1. The fourth-order valence-electron chi connectivity index (χ4n) is 3.53. The third kappa shape index (κ3) is 8.91. The van der Waals surface area contributed by atoms with Crippen molar-refractivity contribution < 1.29 is 19.1 Å². The van der Waals surface area contributed by atoms with Crippen molar-refractivity contribution >= 4 is 12.1 Å². The Hall–Kier alpha value is -1.26. The molecule has 26 heavy (non-hydrogen) atoms. The highest BCUT2D eigenvalue weighted by Crippen LogP contribution is 2.28. The number of carbonyl (C=O) groups excluding carboxylic acids is 2. The van der Waals surface area contributed by atoms with Gasteiger partial charge in [0.05, 0.1) is 12.5 Å². The smallest absolute Gasteiger partial charge is 0.410 e. The van der Waals surface area contributed by atoms with E-state index in [2.05, 4.69) is 6.92 Å². The summed E-state index contributed by atoms with van der Waals surface area (Å²) in [5.74, 6) is -0.0770. The van der Waals surface area contributed by atoms with E-state index >= 15 is 0 Å². The predicted molar refractivity (Wildman–Crippen MR) is 104 cm³/mol. The van der Waals surface area contributed by atoms with Crippen LogP contribution in [0.1, 0.15) is 86.0 Å². The summed E-state index contributed by atoms with van der Waals surface area (Å²) >= 11 is 0. The summed E-state index contributed by atoms with van der Waals surface area (Å²) in [6.07, 6.45) is 9.08. The van der Waals surface area contributed by atoms with Crippen molar-refractivity contribution in [2.75, 3.05) is 19.7 Å². The monoisotopic (exact) mass is 369 g/mol. The van der Waals surface area contributed by atoms with Crippen LogP contribution >= 0.6 is 0 Å². The fraction of sp³-hybridized carbons (Fsp3) is 0.905. The number of hydrogen-bond donors (Lipinski definition) is 0. The molecule has 0 aromatic rings. The number of hydrogen-bond acceptors (Lipinski definition) is 4. The van der Waals surface area contributed by atoms with Gasteiger partial charge in [0.1, 0.15) is 5.60 Å². The van der Waals surface area contributed by atoms with Gasteiger partial charge >= 0.3 is 12.1 Å². The number of piperidine rings is 1. The molecule has 0 radical (unpaired) electrons. The van der Waals surface area contributed by atoms with Gasteiger partial charge in [0, 0.05) is 13.1 Å². The second-order valence-electron chi connectivity index (χ2n) is 8.49. The molecular formula is C21H39NO4. The molecule has 0 saturated carbocycles. The quantitative estimate of drug-likeness (QED) is 0.415. The summed E-state index contributed by atoms with van der Waals surface area (Å²) in [7, 11) is 0. The Bertz CT molecular complexity index is 430. The Morgan fingerprint density at radius 2 is 1.65 bits per heavy atom. The molecule has 0 bridgehead atoms. The topological polar surface area (TPSA) is 55.8 Å². The molecule has 0 aromatic carbocycles. The van der Waals surface area contributed by atoms with Crippen molar-refractivity contribution in [3.63, 3.8) is 0 Å². The molecule has 1 saturated heterocycles. The van der Waals surface area contributed by atoms with E-state index in [0.29, 0.717) is 25.6 Å². The summed E-state index contributed by atoms with van der Waals surface area (Å²) in [6.45, 7) is 11.1. The Labute approximate surface area is 159 Å². The first-order valence-electron chi connectivity index (χ1n) is 10.4. The van der Waals surface area contributed by atoms with Crippen LogP contribution in [0.3, 0.4) is 0 Å². The Morgan fingerprint density at radius 3 is 2.27 bits per heavy atom. The third-order valence-electron chi connectivity index (χ3n) is 4.77. The zero-order valence-corrected chi connectivity index (χ0v) is 17.5. The maximum atomic E-state index is 12.5. The van der Waals surface area contributed by atoms with E-state index in [0.717, 1.165) is 19.3 Å². The molecule has 1 fully saturated rings. The molecule has 1 rings (SSSR count). The molecule has 0 unspecified atom stereocenters. The molecule has 1 amide bonds. The zero-order chi connectivity index (χ0) is 19.6. The molecule has 0 N–H and O–H groups in total. The lowest BCUT2D eigenvalue weighted by molar-refractivity contribution is -0.150. The highest BCUT2D eigenvalue weighted by atomic mass is 16.6. The molecule has 5 nitrogen and oxygen atoms in total. The summed E-state index contributed by atoms with van der Waals surface area (Å²) in [6, 6.07) is 0. The molecule has 0 aliphatic carbocycles. The SMILES string of the molecule is CCCCCCCC[C@H]1C[C@H](C(=O)OCC)CN(C(=O)OC(C)(C)C)C1. The van der Waals surface area contributed by atoms with Gasteiger partial charge in [0.25, 0.3) is 0 Å².